The Morgan fingerprint density at radius 1 is 1.32 bits per heavy atom. The predicted molar refractivity (Wildman–Crippen MR) is 66.2 cm³/mol. The summed E-state index contributed by atoms with van der Waals surface area (Å²) in [5, 5.41) is 9.63. The normalized spacial score (nSPS) is 13.6. The quantitative estimate of drug-likeness (QED) is 0.865. The van der Waals surface area contributed by atoms with Crippen LogP contribution in [0.25, 0.3) is 0 Å². The lowest BCUT2D eigenvalue weighted by molar-refractivity contribution is -0.145. The minimum Gasteiger partial charge on any atom is -0.491 e. The maximum atomic E-state index is 12.1. The first-order valence-corrected chi connectivity index (χ1v) is 5.90. The van der Waals surface area contributed by atoms with E-state index < -0.39 is 18.8 Å². The number of ether oxygens (including phenoxy) is 1. The highest BCUT2D eigenvalue weighted by atomic mass is 19.4. The van der Waals surface area contributed by atoms with Crippen LogP contribution in [0.2, 0.25) is 0 Å². The van der Waals surface area contributed by atoms with Gasteiger partial charge in [-0.15, -0.1) is 0 Å². The predicted octanol–water partition coefficient (Wildman–Crippen LogP) is 2.23. The minimum atomic E-state index is -4.26. The van der Waals surface area contributed by atoms with E-state index in [1.54, 1.807) is 12.1 Å². The molecule has 0 aromatic heterocycles. The molecule has 0 spiro atoms. The fraction of sp³-hybridized carbons (Fsp3) is 0.538. The number of para-hydroxylation sites is 1. The second-order valence-electron chi connectivity index (χ2n) is 4.54. The van der Waals surface area contributed by atoms with Gasteiger partial charge in [0.05, 0.1) is 6.54 Å². The van der Waals surface area contributed by atoms with Crippen LogP contribution in [-0.2, 0) is 0 Å². The lowest BCUT2D eigenvalue weighted by Gasteiger charge is -2.22. The molecule has 0 aliphatic rings. The summed E-state index contributed by atoms with van der Waals surface area (Å²) < 4.78 is 41.7. The van der Waals surface area contributed by atoms with Crippen LogP contribution in [-0.4, -0.2) is 49.0 Å². The number of aryl methyl sites for hydroxylation is 1. The van der Waals surface area contributed by atoms with E-state index in [2.05, 4.69) is 0 Å². The largest absolute Gasteiger partial charge is 0.491 e. The number of benzene rings is 1. The maximum Gasteiger partial charge on any atom is 0.401 e. The van der Waals surface area contributed by atoms with Gasteiger partial charge in [0.15, 0.2) is 0 Å². The summed E-state index contributed by atoms with van der Waals surface area (Å²) >= 11 is 0. The van der Waals surface area contributed by atoms with E-state index in [0.29, 0.717) is 5.75 Å². The fourth-order valence-electron chi connectivity index (χ4n) is 1.69. The number of likely N-dealkylation sites (N-methyl/N-ethyl adjacent to an activating group) is 1. The molecule has 0 saturated carbocycles. The third-order valence-electron chi connectivity index (χ3n) is 2.50. The summed E-state index contributed by atoms with van der Waals surface area (Å²) in [5.74, 6) is 0.625. The summed E-state index contributed by atoms with van der Waals surface area (Å²) in [6, 6.07) is 7.26. The van der Waals surface area contributed by atoms with Crippen LogP contribution >= 0.6 is 0 Å². The van der Waals surface area contributed by atoms with Crippen LogP contribution in [0.3, 0.4) is 0 Å². The molecule has 108 valence electrons. The third kappa shape index (κ3) is 6.45. The van der Waals surface area contributed by atoms with Crippen molar-refractivity contribution in [3.8, 4) is 5.75 Å². The van der Waals surface area contributed by atoms with E-state index in [1.165, 1.54) is 7.05 Å². The number of halogens is 3. The van der Waals surface area contributed by atoms with Crippen LogP contribution in [0.1, 0.15) is 5.56 Å². The SMILES string of the molecule is Cc1ccccc1OCC(O)CN(C)CC(F)(F)F. The fourth-order valence-corrected chi connectivity index (χ4v) is 1.69. The van der Waals surface area contributed by atoms with Gasteiger partial charge >= 0.3 is 6.18 Å². The Balaban J connectivity index is 2.36. The highest BCUT2D eigenvalue weighted by Crippen LogP contribution is 2.17. The van der Waals surface area contributed by atoms with Gasteiger partial charge in [-0.2, -0.15) is 13.2 Å². The Morgan fingerprint density at radius 2 is 1.95 bits per heavy atom. The van der Waals surface area contributed by atoms with Crippen molar-refractivity contribution < 1.29 is 23.0 Å². The molecule has 0 bridgehead atoms. The highest BCUT2D eigenvalue weighted by Gasteiger charge is 2.29. The number of nitrogens with zero attached hydrogens (tertiary/aromatic N) is 1. The Labute approximate surface area is 110 Å². The minimum absolute atomic E-state index is 0.0347. The average molecular weight is 277 g/mol. The maximum absolute atomic E-state index is 12.1. The van der Waals surface area contributed by atoms with Gasteiger partial charge in [-0.1, -0.05) is 18.2 Å². The van der Waals surface area contributed by atoms with Crippen LogP contribution in [0, 0.1) is 6.92 Å². The van der Waals surface area contributed by atoms with Gasteiger partial charge in [-0.05, 0) is 25.6 Å². The van der Waals surface area contributed by atoms with Gasteiger partial charge in [-0.3, -0.25) is 4.90 Å². The van der Waals surface area contributed by atoms with E-state index in [1.807, 2.05) is 19.1 Å². The zero-order valence-corrected chi connectivity index (χ0v) is 10.9. The van der Waals surface area contributed by atoms with Crippen molar-refractivity contribution in [2.24, 2.45) is 0 Å². The molecular weight excluding hydrogens is 259 g/mol. The van der Waals surface area contributed by atoms with Crippen molar-refractivity contribution in [3.63, 3.8) is 0 Å². The van der Waals surface area contributed by atoms with Gasteiger partial charge in [-0.25, -0.2) is 0 Å². The topological polar surface area (TPSA) is 32.7 Å². The van der Waals surface area contributed by atoms with Crippen molar-refractivity contribution in [2.45, 2.75) is 19.2 Å². The first-order chi connectivity index (χ1) is 8.78. The molecule has 1 atom stereocenters. The van der Waals surface area contributed by atoms with Gasteiger partial charge < -0.3 is 9.84 Å². The van der Waals surface area contributed by atoms with E-state index >= 15 is 0 Å². The first-order valence-electron chi connectivity index (χ1n) is 5.90. The monoisotopic (exact) mass is 277 g/mol. The molecule has 0 radical (unpaired) electrons. The first kappa shape index (κ1) is 15.8. The number of hydrogen-bond donors (Lipinski definition) is 1. The second-order valence-corrected chi connectivity index (χ2v) is 4.54. The molecule has 19 heavy (non-hydrogen) atoms. The van der Waals surface area contributed by atoms with Gasteiger partial charge in [0, 0.05) is 6.54 Å². The van der Waals surface area contributed by atoms with Crippen molar-refractivity contribution in [1.29, 1.82) is 0 Å². The molecule has 0 aliphatic heterocycles. The summed E-state index contributed by atoms with van der Waals surface area (Å²) in [4.78, 5) is 1.02. The van der Waals surface area contributed by atoms with E-state index in [0.717, 1.165) is 10.5 Å². The van der Waals surface area contributed by atoms with Crippen LogP contribution in [0.4, 0.5) is 13.2 Å². The number of aliphatic hydroxyl groups is 1. The average Bonchev–Trinajstić information content (AvgIpc) is 2.25. The van der Waals surface area contributed by atoms with Crippen LogP contribution < -0.4 is 4.74 Å². The van der Waals surface area contributed by atoms with Crippen LogP contribution in [0.15, 0.2) is 24.3 Å². The van der Waals surface area contributed by atoms with Gasteiger partial charge in [0.2, 0.25) is 0 Å². The molecule has 3 nitrogen and oxygen atoms in total. The number of aliphatic hydroxyl groups excluding tert-OH is 1. The summed E-state index contributed by atoms with van der Waals surface area (Å²) in [6.45, 7) is 0.685. The Bertz CT molecular complexity index is 396. The van der Waals surface area contributed by atoms with Crippen molar-refractivity contribution in [3.05, 3.63) is 29.8 Å². The van der Waals surface area contributed by atoms with Crippen molar-refractivity contribution in [1.82, 2.24) is 4.90 Å². The molecule has 0 saturated heterocycles. The molecule has 1 N–H and O–H groups in total. The number of alkyl halides is 3. The highest BCUT2D eigenvalue weighted by molar-refractivity contribution is 5.31. The summed E-state index contributed by atoms with van der Waals surface area (Å²) in [7, 11) is 1.31. The van der Waals surface area contributed by atoms with E-state index in [9.17, 15) is 18.3 Å². The van der Waals surface area contributed by atoms with Crippen molar-refractivity contribution >= 4 is 0 Å². The molecule has 0 fully saturated rings. The Hall–Kier alpha value is -1.27. The van der Waals surface area contributed by atoms with Gasteiger partial charge in [0.1, 0.15) is 18.5 Å². The number of rotatable bonds is 6. The number of hydrogen-bond acceptors (Lipinski definition) is 3. The summed E-state index contributed by atoms with van der Waals surface area (Å²) in [6.07, 6.45) is -5.22. The Kier molecular flexibility index (Phi) is 5.62. The van der Waals surface area contributed by atoms with Crippen LogP contribution in [0.5, 0.6) is 5.75 Å². The van der Waals surface area contributed by atoms with Gasteiger partial charge in [0.25, 0.3) is 0 Å². The standard InChI is InChI=1S/C13H18F3NO2/c1-10-5-3-4-6-12(10)19-8-11(18)7-17(2)9-13(14,15)16/h3-6,11,18H,7-9H2,1-2H3. The zero-order valence-electron chi connectivity index (χ0n) is 10.9. The molecule has 6 heteroatoms. The smallest absolute Gasteiger partial charge is 0.401 e. The second kappa shape index (κ2) is 6.77. The molecule has 1 rings (SSSR count). The molecule has 1 aromatic rings. The molecule has 0 amide bonds. The molecule has 0 heterocycles. The molecule has 0 aliphatic carbocycles. The zero-order chi connectivity index (χ0) is 14.5. The molecular formula is C13H18F3NO2. The Morgan fingerprint density at radius 3 is 2.53 bits per heavy atom. The van der Waals surface area contributed by atoms with E-state index in [4.69, 9.17) is 4.74 Å². The summed E-state index contributed by atoms with van der Waals surface area (Å²) in [5.41, 5.74) is 0.915. The third-order valence-corrected chi connectivity index (χ3v) is 2.50. The van der Waals surface area contributed by atoms with E-state index in [-0.39, 0.29) is 13.2 Å². The lowest BCUT2D eigenvalue weighted by atomic mass is 10.2. The molecule has 1 unspecified atom stereocenters. The lowest BCUT2D eigenvalue weighted by Crippen LogP contribution is -2.38. The molecule has 1 aromatic carbocycles. The van der Waals surface area contributed by atoms with Crippen molar-refractivity contribution in [2.75, 3.05) is 26.7 Å².